The van der Waals surface area contributed by atoms with Crippen LogP contribution in [0.2, 0.25) is 0 Å². The molecular formula is C25H24N6O3S. The zero-order valence-corrected chi connectivity index (χ0v) is 20.4. The van der Waals surface area contributed by atoms with Crippen LogP contribution in [0.4, 0.5) is 0 Å². The number of benzene rings is 1. The zero-order valence-electron chi connectivity index (χ0n) is 19.6. The van der Waals surface area contributed by atoms with Crippen molar-refractivity contribution in [3.8, 4) is 11.1 Å². The van der Waals surface area contributed by atoms with Crippen LogP contribution in [-0.4, -0.2) is 33.0 Å². The van der Waals surface area contributed by atoms with E-state index in [0.717, 1.165) is 27.8 Å². The minimum absolute atomic E-state index is 0.158. The largest absolute Gasteiger partial charge is 0.289 e. The van der Waals surface area contributed by atoms with Crippen molar-refractivity contribution in [3.05, 3.63) is 88.2 Å². The Morgan fingerprint density at radius 2 is 1.74 bits per heavy atom. The quantitative estimate of drug-likeness (QED) is 0.393. The van der Waals surface area contributed by atoms with Crippen molar-refractivity contribution in [1.82, 2.24) is 29.3 Å². The Balaban J connectivity index is 1.50. The maximum absolute atomic E-state index is 13.5. The predicted molar refractivity (Wildman–Crippen MR) is 135 cm³/mol. The number of sulfonamides is 1. The molecule has 0 radical (unpaired) electrons. The van der Waals surface area contributed by atoms with E-state index in [0.29, 0.717) is 21.9 Å². The third-order valence-electron chi connectivity index (χ3n) is 5.94. The van der Waals surface area contributed by atoms with Gasteiger partial charge in [0, 0.05) is 66.7 Å². The molecule has 0 saturated carbocycles. The first-order valence-electron chi connectivity index (χ1n) is 11.0. The van der Waals surface area contributed by atoms with Gasteiger partial charge in [0.15, 0.2) is 5.43 Å². The topological polar surface area (TPSA) is 112 Å². The van der Waals surface area contributed by atoms with Gasteiger partial charge in [-0.25, -0.2) is 13.1 Å². The molecule has 0 atom stereocenters. The summed E-state index contributed by atoms with van der Waals surface area (Å²) in [6, 6.07) is 10.6. The number of aromatic nitrogens is 5. The highest BCUT2D eigenvalue weighted by Gasteiger charge is 2.15. The first-order chi connectivity index (χ1) is 16.7. The Kier molecular flexibility index (Phi) is 5.70. The van der Waals surface area contributed by atoms with Crippen LogP contribution in [0.15, 0.2) is 66.0 Å². The van der Waals surface area contributed by atoms with Crippen molar-refractivity contribution in [2.75, 3.05) is 0 Å². The van der Waals surface area contributed by atoms with Crippen LogP contribution < -0.4 is 10.2 Å². The van der Waals surface area contributed by atoms with Gasteiger partial charge in [-0.1, -0.05) is 18.2 Å². The molecule has 3 aromatic heterocycles. The van der Waals surface area contributed by atoms with E-state index in [2.05, 4.69) is 19.9 Å². The summed E-state index contributed by atoms with van der Waals surface area (Å²) in [5, 5.41) is 10.0. The third kappa shape index (κ3) is 4.71. The van der Waals surface area contributed by atoms with Gasteiger partial charge in [0.05, 0.1) is 23.2 Å². The normalized spacial score (nSPS) is 12.0. The zero-order chi connectivity index (χ0) is 24.7. The van der Waals surface area contributed by atoms with Gasteiger partial charge >= 0.3 is 0 Å². The number of hydrogen-bond acceptors (Lipinski definition) is 6. The van der Waals surface area contributed by atoms with Gasteiger partial charge < -0.3 is 0 Å². The molecule has 0 aliphatic carbocycles. The standard InChI is InChI=1S/C25H24N6O3S/c1-16-20(13-31(3)29-16)12-28-35(33,34)15-17-4-5-18-6-7-24-23(25(32)22(18)8-17)9-19(10-26-24)21-11-27-30(2)14-21/h4-11,13-14,28H,12,15H2,1-3H3. The summed E-state index contributed by atoms with van der Waals surface area (Å²) in [6.07, 6.45) is 7.09. The lowest BCUT2D eigenvalue weighted by Crippen LogP contribution is -2.24. The van der Waals surface area contributed by atoms with E-state index in [4.69, 9.17) is 0 Å². The van der Waals surface area contributed by atoms with Crippen molar-refractivity contribution in [1.29, 1.82) is 0 Å². The van der Waals surface area contributed by atoms with Gasteiger partial charge in [-0.3, -0.25) is 19.1 Å². The van der Waals surface area contributed by atoms with Gasteiger partial charge in [0.1, 0.15) is 0 Å². The maximum atomic E-state index is 13.5. The fourth-order valence-electron chi connectivity index (χ4n) is 4.15. The maximum Gasteiger partial charge on any atom is 0.216 e. The van der Waals surface area contributed by atoms with Crippen LogP contribution in [-0.2, 0) is 36.4 Å². The Labute approximate surface area is 202 Å². The van der Waals surface area contributed by atoms with Gasteiger partial charge in [-0.2, -0.15) is 10.2 Å². The second-order valence-electron chi connectivity index (χ2n) is 8.64. The predicted octanol–water partition coefficient (Wildman–Crippen LogP) is 2.81. The first-order valence-corrected chi connectivity index (χ1v) is 12.6. The summed E-state index contributed by atoms with van der Waals surface area (Å²) in [5.74, 6) is -0.239. The lowest BCUT2D eigenvalue weighted by atomic mass is 10.1. The highest BCUT2D eigenvalue weighted by atomic mass is 32.2. The third-order valence-corrected chi connectivity index (χ3v) is 7.24. The summed E-state index contributed by atoms with van der Waals surface area (Å²) in [6.45, 7) is 1.99. The number of rotatable bonds is 6. The SMILES string of the molecule is Cc1nn(C)cc1CNS(=O)(=O)Cc1ccc2ccc3ncc(-c4cnn(C)c4)cc3c(=O)c2c1. The van der Waals surface area contributed by atoms with E-state index < -0.39 is 10.0 Å². The molecule has 178 valence electrons. The minimum atomic E-state index is -3.63. The molecule has 9 nitrogen and oxygen atoms in total. The first kappa shape index (κ1) is 22.9. The monoisotopic (exact) mass is 488 g/mol. The fourth-order valence-corrected chi connectivity index (χ4v) is 5.24. The molecule has 3 heterocycles. The van der Waals surface area contributed by atoms with Crippen molar-refractivity contribution >= 4 is 31.7 Å². The number of nitrogens with one attached hydrogen (secondary N) is 1. The van der Waals surface area contributed by atoms with E-state index >= 15 is 0 Å². The second kappa shape index (κ2) is 8.71. The smallest absolute Gasteiger partial charge is 0.216 e. The van der Waals surface area contributed by atoms with Crippen molar-refractivity contribution < 1.29 is 8.42 Å². The molecule has 35 heavy (non-hydrogen) atoms. The highest BCUT2D eigenvalue weighted by molar-refractivity contribution is 7.88. The second-order valence-corrected chi connectivity index (χ2v) is 10.4. The molecule has 0 spiro atoms. The molecule has 0 amide bonds. The Bertz CT molecular complexity index is 1750. The average Bonchev–Trinajstić information content (AvgIpc) is 3.36. The van der Waals surface area contributed by atoms with Gasteiger partial charge in [-0.15, -0.1) is 0 Å². The van der Waals surface area contributed by atoms with E-state index in [-0.39, 0.29) is 17.7 Å². The Morgan fingerprint density at radius 1 is 0.943 bits per heavy atom. The highest BCUT2D eigenvalue weighted by Crippen LogP contribution is 2.22. The lowest BCUT2D eigenvalue weighted by molar-refractivity contribution is 0.580. The summed E-state index contributed by atoms with van der Waals surface area (Å²) in [4.78, 5) is 18.0. The Morgan fingerprint density at radius 3 is 2.46 bits per heavy atom. The molecule has 0 aliphatic heterocycles. The van der Waals surface area contributed by atoms with Crippen molar-refractivity contribution in [2.24, 2.45) is 14.1 Å². The van der Waals surface area contributed by atoms with Crippen molar-refractivity contribution in [3.63, 3.8) is 0 Å². The molecule has 0 unspecified atom stereocenters. The van der Waals surface area contributed by atoms with Gasteiger partial charge in [-0.05, 0) is 36.1 Å². The molecule has 0 saturated heterocycles. The summed E-state index contributed by atoms with van der Waals surface area (Å²) in [5.41, 5.74) is 4.13. The van der Waals surface area contributed by atoms with Crippen LogP contribution in [0.1, 0.15) is 16.8 Å². The molecule has 0 bridgehead atoms. The molecule has 0 aliphatic rings. The van der Waals surface area contributed by atoms with E-state index in [9.17, 15) is 13.2 Å². The molecule has 10 heteroatoms. The summed E-state index contributed by atoms with van der Waals surface area (Å²) < 4.78 is 31.5. The number of aryl methyl sites for hydroxylation is 3. The number of hydrogen-bond donors (Lipinski definition) is 1. The fraction of sp³-hybridized carbons (Fsp3) is 0.200. The van der Waals surface area contributed by atoms with Crippen LogP contribution in [0.5, 0.6) is 0 Å². The lowest BCUT2D eigenvalue weighted by Gasteiger charge is -2.07. The van der Waals surface area contributed by atoms with Crippen molar-refractivity contribution in [2.45, 2.75) is 19.2 Å². The Hall–Kier alpha value is -3.89. The number of nitrogens with zero attached hydrogens (tertiary/aromatic N) is 5. The molecule has 0 fully saturated rings. The number of fused-ring (bicyclic) bond motifs is 2. The van der Waals surface area contributed by atoms with E-state index in [1.807, 2.05) is 32.3 Å². The van der Waals surface area contributed by atoms with Crippen LogP contribution in [0.3, 0.4) is 0 Å². The average molecular weight is 489 g/mol. The van der Waals surface area contributed by atoms with Crippen LogP contribution >= 0.6 is 0 Å². The number of pyridine rings is 1. The van der Waals surface area contributed by atoms with Crippen LogP contribution in [0, 0.1) is 6.92 Å². The summed E-state index contributed by atoms with van der Waals surface area (Å²) in [7, 11) is -0.0149. The minimum Gasteiger partial charge on any atom is -0.289 e. The summed E-state index contributed by atoms with van der Waals surface area (Å²) >= 11 is 0. The molecule has 1 N–H and O–H groups in total. The van der Waals surface area contributed by atoms with Crippen LogP contribution in [0.25, 0.3) is 32.8 Å². The molecular weight excluding hydrogens is 464 g/mol. The van der Waals surface area contributed by atoms with E-state index in [1.165, 1.54) is 0 Å². The molecule has 5 rings (SSSR count). The van der Waals surface area contributed by atoms with Gasteiger partial charge in [0.25, 0.3) is 0 Å². The molecule has 5 aromatic rings. The molecule has 2 aromatic carbocycles. The van der Waals surface area contributed by atoms with E-state index in [1.54, 1.807) is 59.3 Å². The van der Waals surface area contributed by atoms with Gasteiger partial charge in [0.2, 0.25) is 10.0 Å².